The Hall–Kier alpha value is -0.0400. The van der Waals surface area contributed by atoms with Gasteiger partial charge in [-0.25, -0.2) is 0 Å². The monoisotopic (exact) mass is 200 g/mol. The number of rotatable bonds is 7. The van der Waals surface area contributed by atoms with Gasteiger partial charge in [0.1, 0.15) is 0 Å². The van der Waals surface area contributed by atoms with Gasteiger partial charge in [-0.15, -0.1) is 0 Å². The van der Waals surface area contributed by atoms with Gasteiger partial charge in [-0.2, -0.15) is 0 Å². The molecule has 0 bridgehead atoms. The van der Waals surface area contributed by atoms with Gasteiger partial charge in [0.25, 0.3) is 0 Å². The van der Waals surface area contributed by atoms with Crippen molar-refractivity contribution in [2.75, 3.05) is 19.6 Å². The Kier molecular flexibility index (Phi) is 18.1. The molecule has 0 aromatic carbocycles. The van der Waals surface area contributed by atoms with E-state index in [1.165, 1.54) is 45.3 Å². The molecule has 0 rings (SSSR count). The first-order valence-electron chi connectivity index (χ1n) is 6.30. The zero-order chi connectivity index (χ0) is 11.2. The van der Waals surface area contributed by atoms with E-state index in [0.29, 0.717) is 0 Å². The quantitative estimate of drug-likeness (QED) is 0.558. The van der Waals surface area contributed by atoms with E-state index in [4.69, 9.17) is 0 Å². The van der Waals surface area contributed by atoms with Gasteiger partial charge in [0.2, 0.25) is 0 Å². The summed E-state index contributed by atoms with van der Waals surface area (Å²) in [5, 5.41) is 0. The third kappa shape index (κ3) is 14.5. The van der Waals surface area contributed by atoms with Gasteiger partial charge in [0.15, 0.2) is 0 Å². The van der Waals surface area contributed by atoms with E-state index < -0.39 is 0 Å². The van der Waals surface area contributed by atoms with Crippen LogP contribution in [-0.4, -0.2) is 24.5 Å². The van der Waals surface area contributed by atoms with Crippen LogP contribution < -0.4 is 0 Å². The molecule has 0 N–H and O–H groups in total. The summed E-state index contributed by atoms with van der Waals surface area (Å²) >= 11 is 0. The average Bonchev–Trinajstić information content (AvgIpc) is 2.22. The highest BCUT2D eigenvalue weighted by molar-refractivity contribution is 4.59. The van der Waals surface area contributed by atoms with Gasteiger partial charge < -0.3 is 4.90 Å². The van der Waals surface area contributed by atoms with E-state index >= 15 is 0 Å². The first-order valence-corrected chi connectivity index (χ1v) is 6.30. The number of hydrogen-bond donors (Lipinski definition) is 0. The van der Waals surface area contributed by atoms with Crippen molar-refractivity contribution in [2.24, 2.45) is 0 Å². The fourth-order valence-electron chi connectivity index (χ4n) is 1.22. The predicted octanol–water partition coefficient (Wildman–Crippen LogP) is 4.14. The Bertz CT molecular complexity index is 67.8. The van der Waals surface area contributed by atoms with E-state index in [1.807, 2.05) is 0 Å². The molecule has 14 heavy (non-hydrogen) atoms. The molecule has 87 valence electrons. The van der Waals surface area contributed by atoms with Crippen molar-refractivity contribution in [3.05, 3.63) is 6.42 Å². The van der Waals surface area contributed by atoms with Crippen LogP contribution in [-0.2, 0) is 0 Å². The van der Waals surface area contributed by atoms with Crippen molar-refractivity contribution in [2.45, 2.75) is 60.3 Å². The van der Waals surface area contributed by atoms with Crippen LogP contribution in [0.4, 0.5) is 0 Å². The molecule has 0 aliphatic heterocycles. The summed E-state index contributed by atoms with van der Waals surface area (Å²) in [5.41, 5.74) is 0. The number of nitrogens with zero attached hydrogens (tertiary/aromatic N) is 1. The highest BCUT2D eigenvalue weighted by atomic mass is 15.1. The minimum absolute atomic E-state index is 1.19. The van der Waals surface area contributed by atoms with Crippen LogP contribution in [0.5, 0.6) is 0 Å². The lowest BCUT2D eigenvalue weighted by molar-refractivity contribution is 0.321. The fraction of sp³-hybridized carbons (Fsp3) is 0.923. The van der Waals surface area contributed by atoms with Crippen LogP contribution in [0.2, 0.25) is 0 Å². The van der Waals surface area contributed by atoms with Crippen molar-refractivity contribution < 1.29 is 0 Å². The maximum Gasteiger partial charge on any atom is -0.00474 e. The third-order valence-electron chi connectivity index (χ3n) is 2.39. The summed E-state index contributed by atoms with van der Waals surface area (Å²) in [4.78, 5) is 2.38. The van der Waals surface area contributed by atoms with Gasteiger partial charge in [-0.1, -0.05) is 60.3 Å². The summed E-state index contributed by atoms with van der Waals surface area (Å²) in [6, 6.07) is 0. The van der Waals surface area contributed by atoms with E-state index in [-0.39, 0.29) is 0 Å². The fourth-order valence-corrected chi connectivity index (χ4v) is 1.22. The van der Waals surface area contributed by atoms with Crippen molar-refractivity contribution in [3.8, 4) is 0 Å². The molecular formula is C13H30N. The molecule has 0 unspecified atom stereocenters. The normalized spacial score (nSPS) is 9.86. The molecule has 0 aliphatic carbocycles. The van der Waals surface area contributed by atoms with E-state index in [2.05, 4.69) is 45.9 Å². The number of unbranched alkanes of at least 4 members (excludes halogenated alkanes) is 4. The van der Waals surface area contributed by atoms with Crippen LogP contribution in [0, 0.1) is 6.42 Å². The lowest BCUT2D eigenvalue weighted by Crippen LogP contribution is -2.21. The standard InChI is InChI=1S/C7H15.C6H15N/c1-3-5-7-6-4-2;1-4-7(5-2)6-3/h5H,3-4,6-7H2,1-2H3;4-6H2,1-3H3. The summed E-state index contributed by atoms with van der Waals surface area (Å²) in [6.45, 7) is 14.5. The van der Waals surface area contributed by atoms with Gasteiger partial charge in [-0.3, -0.25) is 0 Å². The largest absolute Gasteiger partial charge is 0.304 e. The molecule has 0 atom stereocenters. The zero-order valence-corrected chi connectivity index (χ0v) is 11.0. The topological polar surface area (TPSA) is 3.24 Å². The number of hydrogen-bond acceptors (Lipinski definition) is 1. The van der Waals surface area contributed by atoms with E-state index in [1.54, 1.807) is 0 Å². The van der Waals surface area contributed by atoms with Crippen LogP contribution in [0.1, 0.15) is 60.3 Å². The Morgan fingerprint density at radius 2 is 1.36 bits per heavy atom. The molecule has 0 saturated heterocycles. The maximum absolute atomic E-state index is 2.38. The SMILES string of the molecule is CCN(CC)CC.CC[CH]CCCC. The van der Waals surface area contributed by atoms with Gasteiger partial charge in [0, 0.05) is 0 Å². The minimum Gasteiger partial charge on any atom is -0.304 e. The van der Waals surface area contributed by atoms with E-state index in [9.17, 15) is 0 Å². The highest BCUT2D eigenvalue weighted by Gasteiger charge is 1.89. The average molecular weight is 200 g/mol. The second-order valence-corrected chi connectivity index (χ2v) is 3.46. The molecular weight excluding hydrogens is 170 g/mol. The van der Waals surface area contributed by atoms with Crippen molar-refractivity contribution >= 4 is 0 Å². The summed E-state index contributed by atoms with van der Waals surface area (Å²) in [5.74, 6) is 0. The van der Waals surface area contributed by atoms with Gasteiger partial charge in [-0.05, 0) is 26.1 Å². The van der Waals surface area contributed by atoms with Crippen molar-refractivity contribution in [1.82, 2.24) is 4.90 Å². The van der Waals surface area contributed by atoms with Gasteiger partial charge >= 0.3 is 0 Å². The van der Waals surface area contributed by atoms with E-state index in [0.717, 1.165) is 0 Å². The molecule has 0 aliphatic rings. The smallest absolute Gasteiger partial charge is 0.00474 e. The molecule has 0 aromatic rings. The van der Waals surface area contributed by atoms with Crippen molar-refractivity contribution in [3.63, 3.8) is 0 Å². The second-order valence-electron chi connectivity index (χ2n) is 3.46. The lowest BCUT2D eigenvalue weighted by Gasteiger charge is -2.13. The lowest BCUT2D eigenvalue weighted by atomic mass is 10.2. The van der Waals surface area contributed by atoms with Crippen molar-refractivity contribution in [1.29, 1.82) is 0 Å². The molecule has 0 amide bonds. The summed E-state index contributed by atoms with van der Waals surface area (Å²) in [6.07, 6.45) is 7.58. The van der Waals surface area contributed by atoms with Crippen LogP contribution >= 0.6 is 0 Å². The molecule has 1 nitrogen and oxygen atoms in total. The first kappa shape index (κ1) is 16.4. The Balaban J connectivity index is 0. The third-order valence-corrected chi connectivity index (χ3v) is 2.39. The first-order chi connectivity index (χ1) is 6.76. The summed E-state index contributed by atoms with van der Waals surface area (Å²) in [7, 11) is 0. The van der Waals surface area contributed by atoms with Crippen LogP contribution in [0.15, 0.2) is 0 Å². The maximum atomic E-state index is 2.38. The summed E-state index contributed by atoms with van der Waals surface area (Å²) < 4.78 is 0. The Labute approximate surface area is 91.9 Å². The predicted molar refractivity (Wildman–Crippen MR) is 67.6 cm³/mol. The second kappa shape index (κ2) is 15.4. The zero-order valence-electron chi connectivity index (χ0n) is 11.0. The molecule has 0 spiro atoms. The molecule has 0 fully saturated rings. The molecule has 1 heteroatoms. The highest BCUT2D eigenvalue weighted by Crippen LogP contribution is 1.98. The van der Waals surface area contributed by atoms with Crippen LogP contribution in [0.3, 0.4) is 0 Å². The molecule has 0 heterocycles. The van der Waals surface area contributed by atoms with Crippen LogP contribution in [0.25, 0.3) is 0 Å². The molecule has 0 aromatic heterocycles. The Morgan fingerprint density at radius 3 is 1.57 bits per heavy atom. The molecule has 0 saturated carbocycles. The Morgan fingerprint density at radius 1 is 0.857 bits per heavy atom. The van der Waals surface area contributed by atoms with Gasteiger partial charge in [0.05, 0.1) is 0 Å². The molecule has 1 radical (unpaired) electrons. The minimum atomic E-state index is 1.19.